The molecule has 0 aromatic heterocycles. The maximum Gasteiger partial charge on any atom is 0.236 e. The van der Waals surface area contributed by atoms with E-state index in [9.17, 15) is 8.42 Å². The van der Waals surface area contributed by atoms with Crippen molar-refractivity contribution in [3.05, 3.63) is 12.7 Å². The summed E-state index contributed by atoms with van der Waals surface area (Å²) < 4.78 is 19.9. The van der Waals surface area contributed by atoms with Crippen LogP contribution in [0.2, 0.25) is 0 Å². The predicted molar refractivity (Wildman–Crippen MR) is 35.6 cm³/mol. The zero-order valence-corrected chi connectivity index (χ0v) is 8.17. The maximum absolute atomic E-state index is 9.93. The Morgan fingerprint density at radius 2 is 2.00 bits per heavy atom. The van der Waals surface area contributed by atoms with Gasteiger partial charge in [-0.1, -0.05) is 6.08 Å². The Balaban J connectivity index is 0. The fourth-order valence-corrected chi connectivity index (χ4v) is 0.690. The Morgan fingerprint density at radius 3 is 2.00 bits per heavy atom. The second-order valence-electron chi connectivity index (χ2n) is 0.994. The molecule has 0 rings (SSSR count). The first kappa shape index (κ1) is 11.7. The van der Waals surface area contributed by atoms with E-state index in [0.29, 0.717) is 0 Å². The summed E-state index contributed by atoms with van der Waals surface area (Å²) in [6.07, 6.45) is 1.24. The zero-order valence-electron chi connectivity index (χ0n) is 4.59. The fraction of sp³-hybridized carbons (Fsp3) is 0.333. The van der Waals surface area contributed by atoms with Crippen molar-refractivity contribution in [2.24, 2.45) is 0 Å². The van der Waals surface area contributed by atoms with Crippen molar-refractivity contribution < 1.29 is 8.42 Å². The number of hydrogen-bond donors (Lipinski definition) is 0. The Hall–Kier alpha value is 0.980. The van der Waals surface area contributed by atoms with E-state index < -0.39 is 9.05 Å². The van der Waals surface area contributed by atoms with Crippen molar-refractivity contribution >= 4 is 49.3 Å². The van der Waals surface area contributed by atoms with Crippen molar-refractivity contribution in [3.63, 3.8) is 0 Å². The molecule has 0 aromatic rings. The van der Waals surface area contributed by atoms with E-state index in [-0.39, 0.29) is 35.3 Å². The van der Waals surface area contributed by atoms with Gasteiger partial charge in [-0.25, -0.2) is 8.42 Å². The van der Waals surface area contributed by atoms with Crippen molar-refractivity contribution in [3.8, 4) is 0 Å². The molecule has 0 aliphatic rings. The molecule has 0 amide bonds. The Morgan fingerprint density at radius 1 is 1.62 bits per heavy atom. The molecule has 0 saturated heterocycles. The van der Waals surface area contributed by atoms with E-state index in [1.54, 1.807) is 0 Å². The summed E-state index contributed by atoms with van der Waals surface area (Å²) in [5.74, 6) is -0.158. The van der Waals surface area contributed by atoms with Crippen LogP contribution in [0.25, 0.3) is 0 Å². The molecule has 5 heteroatoms. The number of hydrogen-bond acceptors (Lipinski definition) is 2. The molecule has 0 N–H and O–H groups in total. The third kappa shape index (κ3) is 10.1. The van der Waals surface area contributed by atoms with Crippen LogP contribution in [0.4, 0.5) is 0 Å². The molecule has 0 aromatic carbocycles. The first-order valence-electron chi connectivity index (χ1n) is 1.59. The van der Waals surface area contributed by atoms with Crippen LogP contribution in [-0.4, -0.2) is 43.7 Å². The largest absolute Gasteiger partial charge is 0.236 e. The molecule has 0 unspecified atom stereocenters. The van der Waals surface area contributed by atoms with Gasteiger partial charge >= 0.3 is 0 Å². The zero-order chi connectivity index (χ0) is 5.91. The van der Waals surface area contributed by atoms with Crippen LogP contribution >= 0.6 is 10.7 Å². The summed E-state index contributed by atoms with van der Waals surface area (Å²) in [7, 11) is 1.41. The number of rotatable bonds is 2. The van der Waals surface area contributed by atoms with Gasteiger partial charge in [-0.15, -0.1) is 6.58 Å². The molecular formula is C3H5ClNaO2S. The summed E-state index contributed by atoms with van der Waals surface area (Å²) in [5.41, 5.74) is 0. The molecule has 0 fully saturated rings. The molecule has 0 saturated carbocycles. The molecule has 0 aliphatic heterocycles. The van der Waals surface area contributed by atoms with Crippen LogP contribution in [0.5, 0.6) is 0 Å². The van der Waals surface area contributed by atoms with Gasteiger partial charge in [0.15, 0.2) is 0 Å². The molecule has 43 valence electrons. The minimum Gasteiger partial charge on any atom is -0.212 e. The normalized spacial score (nSPS) is 9.62. The van der Waals surface area contributed by atoms with Crippen molar-refractivity contribution in [1.82, 2.24) is 0 Å². The van der Waals surface area contributed by atoms with Gasteiger partial charge in [0, 0.05) is 40.2 Å². The summed E-state index contributed by atoms with van der Waals surface area (Å²) in [6, 6.07) is 0. The quantitative estimate of drug-likeness (QED) is 0.335. The van der Waals surface area contributed by atoms with Gasteiger partial charge in [0.1, 0.15) is 0 Å². The van der Waals surface area contributed by atoms with Gasteiger partial charge in [-0.05, 0) is 0 Å². The van der Waals surface area contributed by atoms with Gasteiger partial charge in [-0.2, -0.15) is 0 Å². The first-order valence-corrected chi connectivity index (χ1v) is 4.07. The van der Waals surface area contributed by atoms with Crippen molar-refractivity contribution in [1.29, 1.82) is 0 Å². The van der Waals surface area contributed by atoms with Gasteiger partial charge in [0.25, 0.3) is 0 Å². The van der Waals surface area contributed by atoms with Gasteiger partial charge < -0.3 is 0 Å². The summed E-state index contributed by atoms with van der Waals surface area (Å²) in [4.78, 5) is 0. The summed E-state index contributed by atoms with van der Waals surface area (Å²) >= 11 is 0. The molecule has 8 heavy (non-hydrogen) atoms. The van der Waals surface area contributed by atoms with Crippen LogP contribution in [0.15, 0.2) is 12.7 Å². The molecule has 0 heterocycles. The number of halogens is 1. The van der Waals surface area contributed by atoms with E-state index in [1.807, 2.05) is 0 Å². The summed E-state index contributed by atoms with van der Waals surface area (Å²) in [6.45, 7) is 3.18. The predicted octanol–water partition coefficient (Wildman–Crippen LogP) is 0.360. The van der Waals surface area contributed by atoms with E-state index in [1.165, 1.54) is 6.08 Å². The van der Waals surface area contributed by atoms with E-state index >= 15 is 0 Å². The third-order valence-electron chi connectivity index (χ3n) is 0.317. The second-order valence-corrected chi connectivity index (χ2v) is 3.82. The van der Waals surface area contributed by atoms with Gasteiger partial charge in [-0.3, -0.25) is 0 Å². The Labute approximate surface area is 75.6 Å². The van der Waals surface area contributed by atoms with Crippen LogP contribution in [-0.2, 0) is 9.05 Å². The molecule has 0 spiro atoms. The summed E-state index contributed by atoms with van der Waals surface area (Å²) in [5, 5.41) is 0. The fourth-order valence-electron chi connectivity index (χ4n) is 0.141. The molecule has 2 nitrogen and oxygen atoms in total. The SMILES string of the molecule is C=CCS(=O)(=O)Cl.[Na]. The third-order valence-corrected chi connectivity index (χ3v) is 1.33. The molecule has 1 radical (unpaired) electrons. The monoisotopic (exact) mass is 163 g/mol. The van der Waals surface area contributed by atoms with E-state index in [2.05, 4.69) is 6.58 Å². The molecule has 0 atom stereocenters. The standard InChI is InChI=1S/C3H5ClO2S.Na/c1-2-3-7(4,5)6;/h2H,1,3H2;. The first-order chi connectivity index (χ1) is 3.06. The van der Waals surface area contributed by atoms with Crippen LogP contribution in [0.3, 0.4) is 0 Å². The second kappa shape index (κ2) is 4.82. The average Bonchev–Trinajstić information content (AvgIpc) is 1.30. The van der Waals surface area contributed by atoms with Crippen LogP contribution in [0.1, 0.15) is 0 Å². The van der Waals surface area contributed by atoms with E-state index in [4.69, 9.17) is 10.7 Å². The minimum absolute atomic E-state index is 0. The van der Waals surface area contributed by atoms with E-state index in [0.717, 1.165) is 0 Å². The Bertz CT molecular complexity index is 151. The van der Waals surface area contributed by atoms with Gasteiger partial charge in [0.05, 0.1) is 5.75 Å². The van der Waals surface area contributed by atoms with Crippen LogP contribution in [0, 0.1) is 0 Å². The van der Waals surface area contributed by atoms with Crippen molar-refractivity contribution in [2.45, 2.75) is 0 Å². The van der Waals surface area contributed by atoms with Crippen LogP contribution < -0.4 is 0 Å². The smallest absolute Gasteiger partial charge is 0.212 e. The van der Waals surface area contributed by atoms with Gasteiger partial charge in [0.2, 0.25) is 9.05 Å². The molecule has 0 aliphatic carbocycles. The minimum atomic E-state index is -3.32. The molecule has 0 bridgehead atoms. The Kier molecular flexibility index (Phi) is 7.07. The van der Waals surface area contributed by atoms with Crippen molar-refractivity contribution in [2.75, 3.05) is 5.75 Å². The molecular weight excluding hydrogens is 159 g/mol. The topological polar surface area (TPSA) is 34.1 Å². The maximum atomic E-state index is 9.93. The average molecular weight is 164 g/mol.